The molecule has 0 aromatic heterocycles. The molecule has 0 heterocycles. The number of hydrogen-bond acceptors (Lipinski definition) is 4. The fourth-order valence-corrected chi connectivity index (χ4v) is 7.55. The first-order valence-electron chi connectivity index (χ1n) is 14.4. The molecule has 0 aromatic carbocycles. The van der Waals surface area contributed by atoms with Crippen molar-refractivity contribution in [3.63, 3.8) is 0 Å². The van der Waals surface area contributed by atoms with Crippen LogP contribution in [0.1, 0.15) is 111 Å². The molecule has 7 atom stereocenters. The number of hydrogen-bond donors (Lipinski definition) is 4. The molecule has 35 heavy (non-hydrogen) atoms. The lowest BCUT2D eigenvalue weighted by molar-refractivity contribution is 0.00842. The van der Waals surface area contributed by atoms with Crippen molar-refractivity contribution in [2.24, 2.45) is 23.2 Å². The van der Waals surface area contributed by atoms with Gasteiger partial charge in [-0.25, -0.2) is 0 Å². The molecule has 4 heteroatoms. The first-order chi connectivity index (χ1) is 16.5. The monoisotopic (exact) mass is 488 g/mol. The van der Waals surface area contributed by atoms with Gasteiger partial charge in [0.15, 0.2) is 0 Å². The van der Waals surface area contributed by atoms with Crippen molar-refractivity contribution in [1.29, 1.82) is 0 Å². The summed E-state index contributed by atoms with van der Waals surface area (Å²) < 4.78 is 0. The third-order valence-corrected chi connectivity index (χ3v) is 10.3. The molecular formula is C31H52O4. The number of rotatable bonds is 10. The summed E-state index contributed by atoms with van der Waals surface area (Å²) in [5.41, 5.74) is 2.91. The average Bonchev–Trinajstić information content (AvgIpc) is 3.19. The Kier molecular flexibility index (Phi) is 9.87. The summed E-state index contributed by atoms with van der Waals surface area (Å²) in [5, 5.41) is 41.9. The predicted octanol–water partition coefficient (Wildman–Crippen LogP) is 6.24. The minimum Gasteiger partial charge on any atom is -0.393 e. The van der Waals surface area contributed by atoms with Crippen LogP contribution >= 0.6 is 0 Å². The van der Waals surface area contributed by atoms with E-state index in [0.29, 0.717) is 24.7 Å². The van der Waals surface area contributed by atoms with Crippen molar-refractivity contribution in [3.05, 3.63) is 35.5 Å². The van der Waals surface area contributed by atoms with Crippen LogP contribution in [-0.2, 0) is 0 Å². The Morgan fingerprint density at radius 3 is 2.54 bits per heavy atom. The summed E-state index contributed by atoms with van der Waals surface area (Å²) in [5.74, 6) is 1.35. The highest BCUT2D eigenvalue weighted by molar-refractivity contribution is 5.38. The van der Waals surface area contributed by atoms with Crippen LogP contribution in [-0.4, -0.2) is 44.3 Å². The van der Waals surface area contributed by atoms with E-state index < -0.39 is 17.8 Å². The van der Waals surface area contributed by atoms with Gasteiger partial charge in [0, 0.05) is 6.42 Å². The lowest BCUT2D eigenvalue weighted by Crippen LogP contribution is -2.39. The summed E-state index contributed by atoms with van der Waals surface area (Å²) in [4.78, 5) is 0. The predicted molar refractivity (Wildman–Crippen MR) is 144 cm³/mol. The number of unbranched alkanes of at least 4 members (excludes halogenated alkanes) is 1. The Hall–Kier alpha value is -0.940. The molecule has 3 rings (SSSR count). The van der Waals surface area contributed by atoms with Crippen LogP contribution in [0.3, 0.4) is 0 Å². The largest absolute Gasteiger partial charge is 0.393 e. The summed E-state index contributed by atoms with van der Waals surface area (Å²) in [6, 6.07) is 0. The van der Waals surface area contributed by atoms with Gasteiger partial charge in [-0.2, -0.15) is 0 Å². The summed E-state index contributed by atoms with van der Waals surface area (Å²) in [6.45, 7) is 12.9. The minimum atomic E-state index is -0.643. The topological polar surface area (TPSA) is 80.9 Å². The fraction of sp³-hybridized carbons (Fsp3) is 0.806. The van der Waals surface area contributed by atoms with E-state index in [2.05, 4.69) is 46.4 Å². The van der Waals surface area contributed by atoms with Crippen LogP contribution in [0.2, 0.25) is 0 Å². The zero-order valence-electron chi connectivity index (χ0n) is 22.8. The van der Waals surface area contributed by atoms with Crippen molar-refractivity contribution in [3.8, 4) is 0 Å². The zero-order valence-corrected chi connectivity index (χ0v) is 22.8. The van der Waals surface area contributed by atoms with Gasteiger partial charge in [0.25, 0.3) is 0 Å². The summed E-state index contributed by atoms with van der Waals surface area (Å²) in [6.07, 6.45) is 15.0. The number of allylic oxidation sites excluding steroid dienone is 3. The molecule has 0 spiro atoms. The second kappa shape index (κ2) is 12.1. The van der Waals surface area contributed by atoms with Crippen LogP contribution in [0.5, 0.6) is 0 Å². The molecular weight excluding hydrogens is 436 g/mol. The van der Waals surface area contributed by atoms with Gasteiger partial charge in [-0.3, -0.25) is 0 Å². The maximum Gasteiger partial charge on any atom is 0.0811 e. The lowest BCUT2D eigenvalue weighted by Gasteiger charge is -2.45. The van der Waals surface area contributed by atoms with Crippen LogP contribution in [0.25, 0.3) is 0 Å². The molecule has 3 aliphatic rings. The molecule has 200 valence electrons. The van der Waals surface area contributed by atoms with Crippen molar-refractivity contribution in [1.82, 2.24) is 0 Å². The summed E-state index contributed by atoms with van der Waals surface area (Å²) in [7, 11) is 0. The van der Waals surface area contributed by atoms with Gasteiger partial charge in [-0.1, -0.05) is 64.8 Å². The van der Waals surface area contributed by atoms with Crippen LogP contribution in [0.15, 0.2) is 35.5 Å². The van der Waals surface area contributed by atoms with Gasteiger partial charge >= 0.3 is 0 Å². The maximum absolute atomic E-state index is 11.1. The van der Waals surface area contributed by atoms with E-state index in [1.54, 1.807) is 0 Å². The third-order valence-electron chi connectivity index (χ3n) is 10.3. The van der Waals surface area contributed by atoms with Crippen molar-refractivity contribution in [2.75, 3.05) is 0 Å². The SMILES string of the molecule is C=C1/C(=C/C=C2\CCC[C@]3(C)[C@@H]([C@H](C)[C@@H](O)CCCCC(O)(CC)CC)CC[C@@H]23)C[C@@H](O)C[C@@H]1O. The van der Waals surface area contributed by atoms with Gasteiger partial charge in [0.1, 0.15) is 0 Å². The molecule has 0 aromatic rings. The van der Waals surface area contributed by atoms with E-state index in [-0.39, 0.29) is 17.4 Å². The highest BCUT2D eigenvalue weighted by Gasteiger charge is 2.51. The Morgan fingerprint density at radius 1 is 1.14 bits per heavy atom. The number of aliphatic hydroxyl groups is 4. The van der Waals surface area contributed by atoms with E-state index in [0.717, 1.165) is 56.1 Å². The Morgan fingerprint density at radius 2 is 1.86 bits per heavy atom. The van der Waals surface area contributed by atoms with E-state index in [4.69, 9.17) is 0 Å². The van der Waals surface area contributed by atoms with Gasteiger partial charge in [-0.05, 0) is 98.5 Å². The van der Waals surface area contributed by atoms with Crippen molar-refractivity contribution < 1.29 is 20.4 Å². The summed E-state index contributed by atoms with van der Waals surface area (Å²) >= 11 is 0. The highest BCUT2D eigenvalue weighted by Crippen LogP contribution is 2.60. The van der Waals surface area contributed by atoms with Gasteiger partial charge < -0.3 is 20.4 Å². The fourth-order valence-electron chi connectivity index (χ4n) is 7.55. The normalized spacial score (nSPS) is 35.9. The van der Waals surface area contributed by atoms with Gasteiger partial charge in [-0.15, -0.1) is 0 Å². The van der Waals surface area contributed by atoms with E-state index in [1.807, 2.05) is 0 Å². The molecule has 3 aliphatic carbocycles. The molecule has 0 amide bonds. The van der Waals surface area contributed by atoms with E-state index in [1.165, 1.54) is 31.3 Å². The molecule has 0 aliphatic heterocycles. The van der Waals surface area contributed by atoms with Crippen LogP contribution in [0.4, 0.5) is 0 Å². The molecule has 3 fully saturated rings. The average molecular weight is 489 g/mol. The standard InChI is InChI=1S/C31H52O4/c1-6-31(35,7-2)18-9-8-12-28(33)22(4)26-15-16-27-23(11-10-17-30(26,27)5)13-14-24-19-25(32)20-29(34)21(24)3/h13-14,22,25-29,32-35H,3,6-12,15-20H2,1-2,4-5H3/b23-13+,24-14+/t22-,25+,26+,27-,28-,29-,30+/m0/s1. The lowest BCUT2D eigenvalue weighted by atomic mass is 9.60. The van der Waals surface area contributed by atoms with Crippen molar-refractivity contribution in [2.45, 2.75) is 135 Å². The van der Waals surface area contributed by atoms with Crippen LogP contribution < -0.4 is 0 Å². The first kappa shape index (κ1) is 28.6. The quantitative estimate of drug-likeness (QED) is 0.275. The molecule has 4 nitrogen and oxygen atoms in total. The highest BCUT2D eigenvalue weighted by atomic mass is 16.3. The Balaban J connectivity index is 1.62. The second-order valence-electron chi connectivity index (χ2n) is 12.3. The molecule has 0 unspecified atom stereocenters. The second-order valence-corrected chi connectivity index (χ2v) is 12.3. The van der Waals surface area contributed by atoms with Crippen LogP contribution in [0, 0.1) is 23.2 Å². The smallest absolute Gasteiger partial charge is 0.0811 e. The van der Waals surface area contributed by atoms with Gasteiger partial charge in [0.05, 0.1) is 23.9 Å². The van der Waals surface area contributed by atoms with Gasteiger partial charge in [0.2, 0.25) is 0 Å². The minimum absolute atomic E-state index is 0.219. The maximum atomic E-state index is 11.1. The number of aliphatic hydroxyl groups excluding tert-OH is 3. The first-order valence-corrected chi connectivity index (χ1v) is 14.4. The molecule has 0 radical (unpaired) electrons. The van der Waals surface area contributed by atoms with E-state index in [9.17, 15) is 20.4 Å². The molecule has 0 bridgehead atoms. The third kappa shape index (κ3) is 6.50. The Bertz CT molecular complexity index is 779. The van der Waals surface area contributed by atoms with E-state index >= 15 is 0 Å². The molecule has 0 saturated heterocycles. The Labute approximate surface area is 214 Å². The zero-order chi connectivity index (χ0) is 25.8. The number of fused-ring (bicyclic) bond motifs is 1. The molecule has 4 N–H and O–H groups in total. The molecule has 3 saturated carbocycles. The van der Waals surface area contributed by atoms with Crippen molar-refractivity contribution >= 4 is 0 Å².